The number of benzene rings is 1. The van der Waals surface area contributed by atoms with Gasteiger partial charge in [-0.05, 0) is 44.0 Å². The van der Waals surface area contributed by atoms with Crippen molar-refractivity contribution in [1.82, 2.24) is 4.90 Å². The highest BCUT2D eigenvalue weighted by atomic mass is 16.2. The maximum atomic E-state index is 8.71. The summed E-state index contributed by atoms with van der Waals surface area (Å²) in [6.45, 7) is 4.53. The fraction of sp³-hybridized carbons (Fsp3) is 0.571. The second-order valence-corrected chi connectivity index (χ2v) is 4.34. The molecule has 0 saturated carbocycles. The van der Waals surface area contributed by atoms with Gasteiger partial charge < -0.3 is 10.0 Å². The van der Waals surface area contributed by atoms with Crippen LogP contribution in [0, 0.1) is 0 Å². The Labute approximate surface area is 98.9 Å². The van der Waals surface area contributed by atoms with E-state index in [9.17, 15) is 0 Å². The number of hydrogen-bond donors (Lipinski definition) is 1. The predicted octanol–water partition coefficient (Wildman–Crippen LogP) is 2.45. The maximum absolute atomic E-state index is 8.71. The van der Waals surface area contributed by atoms with E-state index in [1.54, 1.807) is 0 Å². The van der Waals surface area contributed by atoms with Crippen LogP contribution in [0.25, 0.3) is 0 Å². The van der Waals surface area contributed by atoms with Crippen LogP contribution in [0.3, 0.4) is 0 Å². The maximum Gasteiger partial charge on any atom is 0.0431 e. The molecule has 0 bridgehead atoms. The lowest BCUT2D eigenvalue weighted by Gasteiger charge is -2.16. The van der Waals surface area contributed by atoms with Crippen LogP contribution in [0.2, 0.25) is 0 Å². The van der Waals surface area contributed by atoms with E-state index >= 15 is 0 Å². The van der Waals surface area contributed by atoms with E-state index in [4.69, 9.17) is 5.11 Å². The summed E-state index contributed by atoms with van der Waals surface area (Å²) >= 11 is 0. The number of aryl methyl sites for hydroxylation is 1. The van der Waals surface area contributed by atoms with E-state index in [-0.39, 0.29) is 0 Å². The monoisotopic (exact) mass is 221 g/mol. The van der Waals surface area contributed by atoms with Crippen molar-refractivity contribution in [3.8, 4) is 0 Å². The zero-order valence-corrected chi connectivity index (χ0v) is 10.4. The van der Waals surface area contributed by atoms with E-state index in [0.29, 0.717) is 6.61 Å². The van der Waals surface area contributed by atoms with Gasteiger partial charge in [0.1, 0.15) is 0 Å². The van der Waals surface area contributed by atoms with E-state index in [2.05, 4.69) is 43.1 Å². The second-order valence-electron chi connectivity index (χ2n) is 4.34. The van der Waals surface area contributed by atoms with Gasteiger partial charge in [-0.25, -0.2) is 0 Å². The molecule has 0 fully saturated rings. The Kier molecular flexibility index (Phi) is 6.12. The molecule has 16 heavy (non-hydrogen) atoms. The van der Waals surface area contributed by atoms with Crippen molar-refractivity contribution >= 4 is 0 Å². The Morgan fingerprint density at radius 2 is 1.69 bits per heavy atom. The molecule has 2 heteroatoms. The molecule has 1 aromatic rings. The van der Waals surface area contributed by atoms with Gasteiger partial charge in [-0.15, -0.1) is 0 Å². The van der Waals surface area contributed by atoms with Gasteiger partial charge in [0, 0.05) is 13.2 Å². The summed E-state index contributed by atoms with van der Waals surface area (Å²) in [6.07, 6.45) is 3.08. The Hall–Kier alpha value is -0.860. The molecule has 1 N–H and O–H groups in total. The van der Waals surface area contributed by atoms with Gasteiger partial charge in [-0.3, -0.25) is 0 Å². The van der Waals surface area contributed by atoms with Crippen LogP contribution >= 0.6 is 0 Å². The zero-order valence-electron chi connectivity index (χ0n) is 10.4. The minimum atomic E-state index is 0.305. The van der Waals surface area contributed by atoms with Gasteiger partial charge in [-0.1, -0.05) is 31.2 Å². The summed E-state index contributed by atoms with van der Waals surface area (Å²) in [5.41, 5.74) is 2.76. The van der Waals surface area contributed by atoms with Crippen LogP contribution in [0.5, 0.6) is 0 Å². The van der Waals surface area contributed by atoms with Crippen molar-refractivity contribution in [3.63, 3.8) is 0 Å². The van der Waals surface area contributed by atoms with Crippen molar-refractivity contribution in [3.05, 3.63) is 35.4 Å². The number of aliphatic hydroxyl groups is 1. The van der Waals surface area contributed by atoms with Gasteiger partial charge in [0.15, 0.2) is 0 Å². The number of hydrogen-bond acceptors (Lipinski definition) is 2. The van der Waals surface area contributed by atoms with Gasteiger partial charge in [-0.2, -0.15) is 0 Å². The van der Waals surface area contributed by atoms with Crippen LogP contribution < -0.4 is 0 Å². The molecule has 0 radical (unpaired) electrons. The Morgan fingerprint density at radius 1 is 1.06 bits per heavy atom. The fourth-order valence-electron chi connectivity index (χ4n) is 1.76. The first-order valence-corrected chi connectivity index (χ1v) is 6.13. The summed E-state index contributed by atoms with van der Waals surface area (Å²) in [4.78, 5) is 2.30. The highest BCUT2D eigenvalue weighted by molar-refractivity contribution is 5.22. The summed E-state index contributed by atoms with van der Waals surface area (Å²) in [6, 6.07) is 8.83. The molecule has 90 valence electrons. The molecule has 1 rings (SSSR count). The molecule has 0 unspecified atom stereocenters. The van der Waals surface area contributed by atoms with Crippen LogP contribution in [-0.2, 0) is 13.0 Å². The molecular weight excluding hydrogens is 198 g/mol. The third kappa shape index (κ3) is 4.77. The first-order valence-electron chi connectivity index (χ1n) is 6.13. The SMILES string of the molecule is CCc1ccc(CN(C)CCCCO)cc1. The number of aliphatic hydroxyl groups excluding tert-OH is 1. The van der Waals surface area contributed by atoms with Gasteiger partial charge in [0.25, 0.3) is 0 Å². The minimum absolute atomic E-state index is 0.305. The summed E-state index contributed by atoms with van der Waals surface area (Å²) in [5.74, 6) is 0. The molecule has 0 amide bonds. The van der Waals surface area contributed by atoms with Crippen LogP contribution in [0.4, 0.5) is 0 Å². The summed E-state index contributed by atoms with van der Waals surface area (Å²) < 4.78 is 0. The number of unbranched alkanes of at least 4 members (excludes halogenated alkanes) is 1. The van der Waals surface area contributed by atoms with Crippen molar-refractivity contribution < 1.29 is 5.11 Å². The van der Waals surface area contributed by atoms with Crippen LogP contribution in [0.1, 0.15) is 30.9 Å². The number of nitrogens with zero attached hydrogens (tertiary/aromatic N) is 1. The van der Waals surface area contributed by atoms with Crippen molar-refractivity contribution in [2.75, 3.05) is 20.2 Å². The van der Waals surface area contributed by atoms with Gasteiger partial charge in [0.05, 0.1) is 0 Å². The summed E-state index contributed by atoms with van der Waals surface area (Å²) in [7, 11) is 2.13. The molecule has 0 spiro atoms. The molecule has 0 aliphatic rings. The Balaban J connectivity index is 2.34. The molecular formula is C14H23NO. The third-order valence-corrected chi connectivity index (χ3v) is 2.83. The highest BCUT2D eigenvalue weighted by Crippen LogP contribution is 2.07. The molecule has 0 aliphatic carbocycles. The van der Waals surface area contributed by atoms with Crippen molar-refractivity contribution in [2.24, 2.45) is 0 Å². The first kappa shape index (κ1) is 13.2. The lowest BCUT2D eigenvalue weighted by molar-refractivity contribution is 0.261. The van der Waals surface area contributed by atoms with Crippen molar-refractivity contribution in [2.45, 2.75) is 32.7 Å². The second kappa shape index (κ2) is 7.42. The minimum Gasteiger partial charge on any atom is -0.396 e. The fourth-order valence-corrected chi connectivity index (χ4v) is 1.76. The van der Waals surface area contributed by atoms with E-state index in [1.165, 1.54) is 11.1 Å². The lowest BCUT2D eigenvalue weighted by Crippen LogP contribution is -2.19. The Bertz CT molecular complexity index is 281. The summed E-state index contributed by atoms with van der Waals surface area (Å²) in [5, 5.41) is 8.71. The average molecular weight is 221 g/mol. The van der Waals surface area contributed by atoms with Gasteiger partial charge in [0.2, 0.25) is 0 Å². The van der Waals surface area contributed by atoms with E-state index in [1.807, 2.05) is 0 Å². The predicted molar refractivity (Wildman–Crippen MR) is 68.5 cm³/mol. The largest absolute Gasteiger partial charge is 0.396 e. The zero-order chi connectivity index (χ0) is 11.8. The molecule has 0 heterocycles. The first-order chi connectivity index (χ1) is 7.76. The molecule has 0 aliphatic heterocycles. The Morgan fingerprint density at radius 3 is 2.25 bits per heavy atom. The molecule has 0 aromatic heterocycles. The molecule has 0 atom stereocenters. The highest BCUT2D eigenvalue weighted by Gasteiger charge is 2.00. The van der Waals surface area contributed by atoms with E-state index < -0.39 is 0 Å². The molecule has 1 aromatic carbocycles. The van der Waals surface area contributed by atoms with Crippen molar-refractivity contribution in [1.29, 1.82) is 0 Å². The normalized spacial score (nSPS) is 11.0. The third-order valence-electron chi connectivity index (χ3n) is 2.83. The lowest BCUT2D eigenvalue weighted by atomic mass is 10.1. The van der Waals surface area contributed by atoms with Crippen LogP contribution in [0.15, 0.2) is 24.3 Å². The quantitative estimate of drug-likeness (QED) is 0.715. The smallest absolute Gasteiger partial charge is 0.0431 e. The van der Waals surface area contributed by atoms with Crippen LogP contribution in [-0.4, -0.2) is 30.2 Å². The topological polar surface area (TPSA) is 23.5 Å². The van der Waals surface area contributed by atoms with Gasteiger partial charge >= 0.3 is 0 Å². The molecule has 0 saturated heterocycles. The standard InChI is InChI=1S/C14H23NO/c1-3-13-6-8-14(9-7-13)12-15(2)10-4-5-11-16/h6-9,16H,3-5,10-12H2,1-2H3. The average Bonchev–Trinajstić information content (AvgIpc) is 2.30. The number of rotatable bonds is 7. The molecule has 2 nitrogen and oxygen atoms in total. The van der Waals surface area contributed by atoms with E-state index in [0.717, 1.165) is 32.4 Å².